The molecule has 0 aliphatic carbocycles. The summed E-state index contributed by atoms with van der Waals surface area (Å²) in [5.74, 6) is 0.324. The van der Waals surface area contributed by atoms with Gasteiger partial charge in [-0.05, 0) is 5.56 Å². The van der Waals surface area contributed by atoms with E-state index in [1.54, 1.807) is 12.1 Å². The molecule has 0 bridgehead atoms. The van der Waals surface area contributed by atoms with Crippen molar-refractivity contribution in [3.63, 3.8) is 0 Å². The summed E-state index contributed by atoms with van der Waals surface area (Å²) < 4.78 is 10.4. The van der Waals surface area contributed by atoms with Crippen molar-refractivity contribution >= 4 is 34.8 Å². The molecule has 152 valence electrons. The zero-order valence-electron chi connectivity index (χ0n) is 16.3. The molecule has 2 aromatic carbocycles. The monoisotopic (exact) mass is 415 g/mol. The highest BCUT2D eigenvalue weighted by molar-refractivity contribution is 6.32. The number of hydrogen-bond acceptors (Lipinski definition) is 5. The van der Waals surface area contributed by atoms with E-state index in [2.05, 4.69) is 10.4 Å². The number of amides is 2. The van der Waals surface area contributed by atoms with E-state index in [1.165, 1.54) is 19.2 Å². The number of hydrazone groups is 1. The highest BCUT2D eigenvalue weighted by atomic mass is 35.5. The van der Waals surface area contributed by atoms with Crippen LogP contribution < -0.4 is 14.8 Å². The van der Waals surface area contributed by atoms with Gasteiger partial charge >= 0.3 is 0 Å². The van der Waals surface area contributed by atoms with Crippen LogP contribution in [0.1, 0.15) is 24.8 Å². The number of methoxy groups -OCH3 is 2. The summed E-state index contributed by atoms with van der Waals surface area (Å²) in [7, 11) is 2.96. The molecule has 0 saturated heterocycles. The molecule has 3 rings (SSSR count). The smallest absolute Gasteiger partial charge is 0.243 e. The summed E-state index contributed by atoms with van der Waals surface area (Å²) in [6.07, 6.45) is 0.785. The Balaban J connectivity index is 1.57. The van der Waals surface area contributed by atoms with Gasteiger partial charge in [0.2, 0.25) is 11.8 Å². The standard InChI is InChI=1S/C21H22ClN3O4/c1-28-18-13-17(19(29-2)12-15(18)22)23-20(26)8-9-21(27)25-11-10-16(24-25)14-6-4-3-5-7-14/h3-7,12-13H,8-11H2,1-2H3,(H,23,26). The number of carbonyl (C=O) groups excluding carboxylic acids is 2. The van der Waals surface area contributed by atoms with Crippen LogP contribution in [-0.2, 0) is 9.59 Å². The van der Waals surface area contributed by atoms with E-state index in [1.807, 2.05) is 30.3 Å². The van der Waals surface area contributed by atoms with E-state index < -0.39 is 0 Å². The Morgan fingerprint density at radius 2 is 1.83 bits per heavy atom. The van der Waals surface area contributed by atoms with Crippen LogP contribution in [0.5, 0.6) is 11.5 Å². The number of halogens is 1. The van der Waals surface area contributed by atoms with Gasteiger partial charge in [-0.1, -0.05) is 41.9 Å². The maximum Gasteiger partial charge on any atom is 0.243 e. The molecule has 0 radical (unpaired) electrons. The summed E-state index contributed by atoms with van der Waals surface area (Å²) >= 11 is 6.07. The number of carbonyl (C=O) groups is 2. The predicted octanol–water partition coefficient (Wildman–Crippen LogP) is 3.71. The van der Waals surface area contributed by atoms with Gasteiger partial charge in [-0.15, -0.1) is 0 Å². The number of nitrogens with one attached hydrogen (secondary N) is 1. The van der Waals surface area contributed by atoms with E-state index >= 15 is 0 Å². The summed E-state index contributed by atoms with van der Waals surface area (Å²) in [5.41, 5.74) is 2.31. The fourth-order valence-electron chi connectivity index (χ4n) is 2.99. The van der Waals surface area contributed by atoms with Crippen LogP contribution in [0.3, 0.4) is 0 Å². The van der Waals surface area contributed by atoms with Crippen molar-refractivity contribution in [1.82, 2.24) is 5.01 Å². The van der Waals surface area contributed by atoms with Crippen molar-refractivity contribution < 1.29 is 19.1 Å². The van der Waals surface area contributed by atoms with Crippen molar-refractivity contribution in [3.8, 4) is 11.5 Å². The summed E-state index contributed by atoms with van der Waals surface area (Å²) in [4.78, 5) is 24.7. The van der Waals surface area contributed by atoms with Crippen molar-refractivity contribution in [3.05, 3.63) is 53.1 Å². The largest absolute Gasteiger partial charge is 0.495 e. The van der Waals surface area contributed by atoms with Crippen LogP contribution in [-0.4, -0.2) is 43.3 Å². The molecule has 0 saturated carbocycles. The minimum Gasteiger partial charge on any atom is -0.495 e. The first-order valence-electron chi connectivity index (χ1n) is 9.16. The molecule has 0 fully saturated rings. The third-order valence-electron chi connectivity index (χ3n) is 4.51. The Morgan fingerprint density at radius 1 is 1.10 bits per heavy atom. The normalized spacial score (nSPS) is 13.1. The van der Waals surface area contributed by atoms with Gasteiger partial charge in [-0.2, -0.15) is 5.10 Å². The number of nitrogens with zero attached hydrogens (tertiary/aromatic N) is 2. The lowest BCUT2D eigenvalue weighted by molar-refractivity contribution is -0.132. The van der Waals surface area contributed by atoms with E-state index in [9.17, 15) is 9.59 Å². The second-order valence-corrected chi connectivity index (χ2v) is 6.82. The Kier molecular flexibility index (Phi) is 6.72. The average molecular weight is 416 g/mol. The molecule has 0 spiro atoms. The van der Waals surface area contributed by atoms with E-state index in [-0.39, 0.29) is 24.7 Å². The highest BCUT2D eigenvalue weighted by Crippen LogP contribution is 2.35. The number of rotatable bonds is 7. The van der Waals surface area contributed by atoms with Crippen molar-refractivity contribution in [1.29, 1.82) is 0 Å². The van der Waals surface area contributed by atoms with Crippen molar-refractivity contribution in [2.24, 2.45) is 5.10 Å². The Morgan fingerprint density at radius 3 is 2.52 bits per heavy atom. The summed E-state index contributed by atoms with van der Waals surface area (Å²) in [6.45, 7) is 0.521. The van der Waals surface area contributed by atoms with Gasteiger partial charge in [0.05, 0.1) is 37.2 Å². The molecule has 0 atom stereocenters. The minimum atomic E-state index is -0.313. The molecule has 1 aliphatic heterocycles. The molecule has 0 unspecified atom stereocenters. The molecule has 1 N–H and O–H groups in total. The molecular weight excluding hydrogens is 394 g/mol. The zero-order chi connectivity index (χ0) is 20.8. The number of benzene rings is 2. The van der Waals surface area contributed by atoms with Gasteiger partial charge in [0.25, 0.3) is 0 Å². The maximum absolute atomic E-state index is 12.4. The fourth-order valence-corrected chi connectivity index (χ4v) is 3.22. The van der Waals surface area contributed by atoms with Gasteiger partial charge < -0.3 is 14.8 Å². The van der Waals surface area contributed by atoms with Crippen molar-refractivity contribution in [2.45, 2.75) is 19.3 Å². The molecule has 2 aromatic rings. The number of hydrogen-bond donors (Lipinski definition) is 1. The minimum absolute atomic E-state index is 0.0274. The molecule has 0 aromatic heterocycles. The zero-order valence-corrected chi connectivity index (χ0v) is 17.0. The van der Waals surface area contributed by atoms with E-state index in [0.717, 1.165) is 11.3 Å². The lowest BCUT2D eigenvalue weighted by atomic mass is 10.1. The van der Waals surface area contributed by atoms with Gasteiger partial charge in [0, 0.05) is 31.4 Å². The maximum atomic E-state index is 12.4. The average Bonchev–Trinajstić information content (AvgIpc) is 3.24. The second-order valence-electron chi connectivity index (χ2n) is 6.41. The molecule has 29 heavy (non-hydrogen) atoms. The van der Waals surface area contributed by atoms with Gasteiger partial charge in [0.1, 0.15) is 11.5 Å². The molecule has 1 heterocycles. The molecule has 7 nitrogen and oxygen atoms in total. The first-order valence-corrected chi connectivity index (χ1v) is 9.54. The van der Waals surface area contributed by atoms with Crippen LogP contribution in [0.4, 0.5) is 5.69 Å². The first-order chi connectivity index (χ1) is 14.0. The predicted molar refractivity (Wildman–Crippen MR) is 112 cm³/mol. The number of anilines is 1. The summed E-state index contributed by atoms with van der Waals surface area (Å²) in [6, 6.07) is 12.9. The SMILES string of the molecule is COc1cc(NC(=O)CCC(=O)N2CCC(c3ccccc3)=N2)c(OC)cc1Cl. The molecule has 2 amide bonds. The van der Waals surface area contributed by atoms with Crippen molar-refractivity contribution in [2.75, 3.05) is 26.1 Å². The Hall–Kier alpha value is -3.06. The fraction of sp³-hybridized carbons (Fsp3) is 0.286. The number of ether oxygens (including phenoxy) is 2. The van der Waals surface area contributed by atoms with Crippen LogP contribution in [0.25, 0.3) is 0 Å². The lowest BCUT2D eigenvalue weighted by Gasteiger charge is -2.14. The Bertz CT molecular complexity index is 931. The lowest BCUT2D eigenvalue weighted by Crippen LogP contribution is -2.25. The van der Waals surface area contributed by atoms with E-state index in [0.29, 0.717) is 35.2 Å². The second kappa shape index (κ2) is 9.43. The summed E-state index contributed by atoms with van der Waals surface area (Å²) in [5, 5.41) is 8.94. The topological polar surface area (TPSA) is 80.2 Å². The third-order valence-corrected chi connectivity index (χ3v) is 4.81. The Labute approximate surface area is 174 Å². The van der Waals surface area contributed by atoms with Crippen LogP contribution in [0.15, 0.2) is 47.6 Å². The van der Waals surface area contributed by atoms with Crippen LogP contribution >= 0.6 is 11.6 Å². The quantitative estimate of drug-likeness (QED) is 0.747. The van der Waals surface area contributed by atoms with Gasteiger partial charge in [0.15, 0.2) is 0 Å². The molecular formula is C21H22ClN3O4. The third kappa shape index (κ3) is 5.06. The molecule has 1 aliphatic rings. The van der Waals surface area contributed by atoms with E-state index in [4.69, 9.17) is 21.1 Å². The van der Waals surface area contributed by atoms with Gasteiger partial charge in [-0.3, -0.25) is 9.59 Å². The van der Waals surface area contributed by atoms with Gasteiger partial charge in [-0.25, -0.2) is 5.01 Å². The molecule has 8 heteroatoms. The van der Waals surface area contributed by atoms with Crippen LogP contribution in [0.2, 0.25) is 5.02 Å². The van der Waals surface area contributed by atoms with Crippen LogP contribution in [0, 0.1) is 0 Å². The highest BCUT2D eigenvalue weighted by Gasteiger charge is 2.22. The first kappa shape index (κ1) is 20.7.